The zero-order chi connectivity index (χ0) is 21.1. The maximum absolute atomic E-state index is 14.6. The monoisotopic (exact) mass is 419 g/mol. The van der Waals surface area contributed by atoms with Crippen molar-refractivity contribution in [1.82, 2.24) is 30.0 Å². The summed E-state index contributed by atoms with van der Waals surface area (Å²) >= 11 is 0. The zero-order valence-electron chi connectivity index (χ0n) is 17.1. The average molecular weight is 419 g/mol. The van der Waals surface area contributed by atoms with Crippen molar-refractivity contribution < 1.29 is 9.50 Å². The molecule has 8 nitrogen and oxygen atoms in total. The second kappa shape index (κ2) is 6.84. The third kappa shape index (κ3) is 3.25. The molecule has 1 saturated heterocycles. The average Bonchev–Trinajstić information content (AvgIpc) is 3.32. The van der Waals surface area contributed by atoms with E-state index >= 15 is 0 Å². The van der Waals surface area contributed by atoms with E-state index in [0.29, 0.717) is 34.3 Å². The molecule has 158 valence electrons. The second-order valence-corrected chi connectivity index (χ2v) is 8.47. The number of aromatic nitrogens is 5. The number of nitrogens with one attached hydrogen (secondary N) is 1. The number of nitrogens with zero attached hydrogens (tertiary/aromatic N) is 6. The van der Waals surface area contributed by atoms with E-state index in [1.807, 2.05) is 12.1 Å². The largest absolute Gasteiger partial charge is 0.504 e. The highest BCUT2D eigenvalue weighted by Gasteiger charge is 2.29. The van der Waals surface area contributed by atoms with E-state index < -0.39 is 11.6 Å². The van der Waals surface area contributed by atoms with Gasteiger partial charge in [0.25, 0.3) is 0 Å². The second-order valence-electron chi connectivity index (χ2n) is 8.47. The first kappa shape index (κ1) is 18.4. The van der Waals surface area contributed by atoms with E-state index in [2.05, 4.69) is 30.3 Å². The minimum absolute atomic E-state index is 0.129. The number of halogens is 1. The summed E-state index contributed by atoms with van der Waals surface area (Å²) in [5, 5.41) is 18.7. The number of pyridine rings is 1. The fourth-order valence-electron chi connectivity index (χ4n) is 4.32. The Bertz CT molecular complexity index is 1320. The van der Waals surface area contributed by atoms with Gasteiger partial charge < -0.3 is 15.3 Å². The number of hydrogen-bond acceptors (Lipinski definition) is 7. The SMILES string of the molecule is Cn1cc2cc(-c3cnc4nc(N5CCC(NC6CC6)C5)ccc4n3)c(O)c(F)c2n1. The quantitative estimate of drug-likeness (QED) is 0.525. The predicted molar refractivity (Wildman–Crippen MR) is 115 cm³/mol. The molecule has 31 heavy (non-hydrogen) atoms. The summed E-state index contributed by atoms with van der Waals surface area (Å²) in [6.07, 6.45) is 6.91. The molecule has 6 rings (SSSR count). The van der Waals surface area contributed by atoms with Gasteiger partial charge in [-0.25, -0.2) is 19.3 Å². The molecule has 1 saturated carbocycles. The van der Waals surface area contributed by atoms with Crippen molar-refractivity contribution >= 4 is 27.9 Å². The summed E-state index contributed by atoms with van der Waals surface area (Å²) in [5.74, 6) is -0.345. The first-order chi connectivity index (χ1) is 15.0. The number of fused-ring (bicyclic) bond motifs is 2. The number of hydrogen-bond donors (Lipinski definition) is 2. The summed E-state index contributed by atoms with van der Waals surface area (Å²) in [5.41, 5.74) is 1.93. The Morgan fingerprint density at radius 3 is 2.87 bits per heavy atom. The summed E-state index contributed by atoms with van der Waals surface area (Å²) in [6.45, 7) is 1.91. The van der Waals surface area contributed by atoms with Crippen LogP contribution in [0, 0.1) is 5.82 Å². The van der Waals surface area contributed by atoms with Gasteiger partial charge in [0.2, 0.25) is 0 Å². The molecule has 0 spiro atoms. The third-order valence-corrected chi connectivity index (χ3v) is 6.05. The van der Waals surface area contributed by atoms with Crippen LogP contribution < -0.4 is 10.2 Å². The number of phenols is 1. The molecule has 0 radical (unpaired) electrons. The number of rotatable bonds is 4. The molecule has 9 heteroatoms. The van der Waals surface area contributed by atoms with Gasteiger partial charge in [0, 0.05) is 49.4 Å². The fraction of sp³-hybridized carbons (Fsp3) is 0.364. The number of aryl methyl sites for hydroxylation is 1. The third-order valence-electron chi connectivity index (χ3n) is 6.05. The van der Waals surface area contributed by atoms with Crippen LogP contribution in [0.4, 0.5) is 10.2 Å². The maximum atomic E-state index is 14.6. The van der Waals surface area contributed by atoms with Crippen LogP contribution in [0.5, 0.6) is 5.75 Å². The fourth-order valence-corrected chi connectivity index (χ4v) is 4.32. The van der Waals surface area contributed by atoms with Crippen molar-refractivity contribution in [2.24, 2.45) is 7.05 Å². The van der Waals surface area contributed by atoms with Crippen LogP contribution in [-0.2, 0) is 7.05 Å². The van der Waals surface area contributed by atoms with Gasteiger partial charge >= 0.3 is 0 Å². The lowest BCUT2D eigenvalue weighted by atomic mass is 10.1. The van der Waals surface area contributed by atoms with Gasteiger partial charge in [-0.1, -0.05) is 0 Å². The van der Waals surface area contributed by atoms with Crippen molar-refractivity contribution in [3.8, 4) is 17.0 Å². The van der Waals surface area contributed by atoms with Gasteiger partial charge in [-0.3, -0.25) is 4.68 Å². The summed E-state index contributed by atoms with van der Waals surface area (Å²) in [4.78, 5) is 16.0. The Labute approximate surface area is 177 Å². The molecule has 0 bridgehead atoms. The van der Waals surface area contributed by atoms with Crippen molar-refractivity contribution in [2.45, 2.75) is 31.3 Å². The Balaban J connectivity index is 1.32. The minimum atomic E-state index is -0.758. The molecule has 4 heterocycles. The Kier molecular flexibility index (Phi) is 4.07. The molecule has 0 amide bonds. The van der Waals surface area contributed by atoms with Gasteiger partial charge in [-0.05, 0) is 37.5 Å². The lowest BCUT2D eigenvalue weighted by Gasteiger charge is -2.18. The number of anilines is 1. The van der Waals surface area contributed by atoms with Crippen LogP contribution in [0.2, 0.25) is 0 Å². The molecule has 2 N–H and O–H groups in total. The summed E-state index contributed by atoms with van der Waals surface area (Å²) in [6, 6.07) is 6.72. The van der Waals surface area contributed by atoms with E-state index in [9.17, 15) is 9.50 Å². The Morgan fingerprint density at radius 2 is 2.03 bits per heavy atom. The van der Waals surface area contributed by atoms with Gasteiger partial charge in [-0.15, -0.1) is 0 Å². The molecular formula is C22H22FN7O. The molecule has 3 aromatic heterocycles. The molecule has 2 fully saturated rings. The smallest absolute Gasteiger partial charge is 0.193 e. The van der Waals surface area contributed by atoms with Crippen molar-refractivity contribution in [3.05, 3.63) is 36.4 Å². The standard InChI is InChI=1S/C22H22FN7O/c1-29-10-12-8-15(21(31)19(23)20(12)28-29)17-9-24-22-16(26-17)4-5-18(27-22)30-7-6-14(11-30)25-13-2-3-13/h4-5,8-10,13-14,25,31H,2-3,6-7,11H2,1H3. The first-order valence-corrected chi connectivity index (χ1v) is 10.5. The van der Waals surface area contributed by atoms with Crippen LogP contribution in [0.3, 0.4) is 0 Å². The Hall–Kier alpha value is -3.33. The molecular weight excluding hydrogens is 397 g/mol. The molecule has 1 aliphatic heterocycles. The van der Waals surface area contributed by atoms with E-state index in [1.165, 1.54) is 23.7 Å². The lowest BCUT2D eigenvalue weighted by molar-refractivity contribution is 0.437. The van der Waals surface area contributed by atoms with Gasteiger partial charge in [-0.2, -0.15) is 5.10 Å². The van der Waals surface area contributed by atoms with Crippen LogP contribution >= 0.6 is 0 Å². The molecule has 4 aromatic rings. The van der Waals surface area contributed by atoms with Crippen LogP contribution in [0.1, 0.15) is 19.3 Å². The zero-order valence-corrected chi connectivity index (χ0v) is 17.1. The Morgan fingerprint density at radius 1 is 1.16 bits per heavy atom. The molecule has 1 unspecified atom stereocenters. The highest BCUT2D eigenvalue weighted by atomic mass is 19.1. The predicted octanol–water partition coefficient (Wildman–Crippen LogP) is 2.75. The van der Waals surface area contributed by atoms with Gasteiger partial charge in [0.05, 0.1) is 11.9 Å². The van der Waals surface area contributed by atoms with Crippen molar-refractivity contribution in [3.63, 3.8) is 0 Å². The molecule has 2 aliphatic rings. The van der Waals surface area contributed by atoms with Crippen molar-refractivity contribution in [1.29, 1.82) is 0 Å². The van der Waals surface area contributed by atoms with E-state index in [1.54, 1.807) is 19.3 Å². The van der Waals surface area contributed by atoms with E-state index in [-0.39, 0.29) is 11.1 Å². The topological polar surface area (TPSA) is 92.0 Å². The van der Waals surface area contributed by atoms with E-state index in [4.69, 9.17) is 0 Å². The maximum Gasteiger partial charge on any atom is 0.193 e. The van der Waals surface area contributed by atoms with Crippen LogP contribution in [-0.4, -0.2) is 55.0 Å². The van der Waals surface area contributed by atoms with Crippen LogP contribution in [0.15, 0.2) is 30.6 Å². The van der Waals surface area contributed by atoms with Crippen molar-refractivity contribution in [2.75, 3.05) is 18.0 Å². The van der Waals surface area contributed by atoms with Gasteiger partial charge in [0.15, 0.2) is 17.2 Å². The number of benzene rings is 1. The number of aromatic hydroxyl groups is 1. The molecule has 1 aromatic carbocycles. The summed E-state index contributed by atoms with van der Waals surface area (Å²) in [7, 11) is 1.71. The lowest BCUT2D eigenvalue weighted by Crippen LogP contribution is -2.34. The van der Waals surface area contributed by atoms with E-state index in [0.717, 1.165) is 25.3 Å². The molecule has 1 aliphatic carbocycles. The summed E-state index contributed by atoms with van der Waals surface area (Å²) < 4.78 is 16.1. The highest BCUT2D eigenvalue weighted by molar-refractivity contribution is 5.88. The minimum Gasteiger partial charge on any atom is -0.504 e. The van der Waals surface area contributed by atoms with Gasteiger partial charge in [0.1, 0.15) is 16.9 Å². The normalized spacial score (nSPS) is 19.0. The number of phenolic OH excluding ortho intramolecular Hbond substituents is 1. The van der Waals surface area contributed by atoms with Crippen LogP contribution in [0.25, 0.3) is 33.3 Å². The first-order valence-electron chi connectivity index (χ1n) is 10.5. The molecule has 1 atom stereocenters. The highest BCUT2D eigenvalue weighted by Crippen LogP contribution is 2.35.